The van der Waals surface area contributed by atoms with E-state index in [0.717, 1.165) is 79.5 Å². The molecule has 2 aromatic heterocycles. The molecule has 44 heavy (non-hydrogen) atoms. The van der Waals surface area contributed by atoms with Crippen LogP contribution in [0.3, 0.4) is 0 Å². The number of aryl methyl sites for hydroxylation is 2. The normalized spacial score (nSPS) is 11.9. The summed E-state index contributed by atoms with van der Waals surface area (Å²) in [4.78, 5) is 22.3. The van der Waals surface area contributed by atoms with Gasteiger partial charge in [0.1, 0.15) is 11.6 Å². The zero-order valence-corrected chi connectivity index (χ0v) is 27.7. The summed E-state index contributed by atoms with van der Waals surface area (Å²) in [6.07, 6.45) is 7.55. The molecular formula is C35H46N4O4S. The summed E-state index contributed by atoms with van der Waals surface area (Å²) < 4.78 is 16.4. The molecule has 0 saturated carbocycles. The summed E-state index contributed by atoms with van der Waals surface area (Å²) in [6.45, 7) is 4.93. The van der Waals surface area contributed by atoms with Gasteiger partial charge in [-0.2, -0.15) is 0 Å². The molecular weight excluding hydrogens is 572 g/mol. The van der Waals surface area contributed by atoms with E-state index in [4.69, 9.17) is 24.2 Å². The van der Waals surface area contributed by atoms with Crippen molar-refractivity contribution in [2.45, 2.75) is 77.8 Å². The van der Waals surface area contributed by atoms with Crippen molar-refractivity contribution in [2.24, 2.45) is 0 Å². The first kappa shape index (κ1) is 33.2. The van der Waals surface area contributed by atoms with Crippen LogP contribution in [-0.2, 0) is 22.5 Å². The topological polar surface area (TPSA) is 94.6 Å². The molecule has 0 spiro atoms. The highest BCUT2D eigenvalue weighted by Crippen LogP contribution is 2.41. The molecule has 0 aliphatic rings. The molecule has 0 aliphatic heterocycles. The second-order valence-corrected chi connectivity index (χ2v) is 12.0. The van der Waals surface area contributed by atoms with E-state index in [-0.39, 0.29) is 12.0 Å². The number of aromatic nitrogens is 2. The predicted molar refractivity (Wildman–Crippen MR) is 180 cm³/mol. The fourth-order valence-electron chi connectivity index (χ4n) is 5.64. The van der Waals surface area contributed by atoms with Crippen molar-refractivity contribution < 1.29 is 19.0 Å². The largest absolute Gasteiger partial charge is 0.493 e. The molecule has 0 radical (unpaired) electrons. The van der Waals surface area contributed by atoms with E-state index in [1.165, 1.54) is 28.7 Å². The molecule has 236 valence electrons. The van der Waals surface area contributed by atoms with Crippen molar-refractivity contribution in [3.05, 3.63) is 63.6 Å². The van der Waals surface area contributed by atoms with Gasteiger partial charge in [0.25, 0.3) is 0 Å². The molecule has 0 bridgehead atoms. The van der Waals surface area contributed by atoms with E-state index in [0.29, 0.717) is 18.0 Å². The van der Waals surface area contributed by atoms with Gasteiger partial charge in [-0.15, -0.1) is 11.3 Å². The van der Waals surface area contributed by atoms with Crippen LogP contribution < -0.4 is 20.1 Å². The van der Waals surface area contributed by atoms with E-state index >= 15 is 0 Å². The summed E-state index contributed by atoms with van der Waals surface area (Å²) in [5.41, 5.74) is 5.71. The summed E-state index contributed by atoms with van der Waals surface area (Å²) >= 11 is 1.75. The van der Waals surface area contributed by atoms with Gasteiger partial charge in [-0.3, -0.25) is 4.79 Å². The molecule has 1 atom stereocenters. The number of nitrogens with one attached hydrogen (secondary N) is 2. The number of nitrogens with zero attached hydrogens (tertiary/aromatic N) is 2. The van der Waals surface area contributed by atoms with Crippen molar-refractivity contribution in [1.82, 2.24) is 15.3 Å². The quantitative estimate of drug-likeness (QED) is 0.0908. The molecule has 0 saturated heterocycles. The summed E-state index contributed by atoms with van der Waals surface area (Å²) in [5.74, 6) is 2.78. The average Bonchev–Trinajstić information content (AvgIpc) is 3.52. The molecule has 9 heteroatoms. The van der Waals surface area contributed by atoms with Crippen molar-refractivity contribution >= 4 is 34.0 Å². The van der Waals surface area contributed by atoms with E-state index in [1.54, 1.807) is 25.6 Å². The number of unbranched alkanes of at least 4 members (excludes halogenated alkanes) is 5. The van der Waals surface area contributed by atoms with Crippen LogP contribution in [0.2, 0.25) is 0 Å². The van der Waals surface area contributed by atoms with Crippen LogP contribution in [0.1, 0.15) is 79.7 Å². The molecule has 0 unspecified atom stereocenters. The Kier molecular flexibility index (Phi) is 12.4. The lowest BCUT2D eigenvalue weighted by atomic mass is 10.00. The lowest BCUT2D eigenvalue weighted by molar-refractivity contribution is -0.140. The first-order valence-corrected chi connectivity index (χ1v) is 16.3. The molecule has 0 aliphatic carbocycles. The van der Waals surface area contributed by atoms with Crippen LogP contribution in [0.5, 0.6) is 11.5 Å². The zero-order chi connectivity index (χ0) is 31.5. The van der Waals surface area contributed by atoms with E-state index < -0.39 is 0 Å². The molecule has 2 N–H and O–H groups in total. The van der Waals surface area contributed by atoms with Gasteiger partial charge in [0.05, 0.1) is 32.9 Å². The first-order chi connectivity index (χ1) is 21.4. The number of rotatable bonds is 17. The Labute approximate surface area is 265 Å². The molecule has 2 aromatic carbocycles. The molecule has 0 amide bonds. The van der Waals surface area contributed by atoms with E-state index in [9.17, 15) is 4.79 Å². The second kappa shape index (κ2) is 16.4. The number of anilines is 1. The Bertz CT molecular complexity index is 1540. The minimum Gasteiger partial charge on any atom is -0.493 e. The number of hydrogen-bond acceptors (Lipinski definition) is 9. The number of esters is 1. The van der Waals surface area contributed by atoms with Crippen LogP contribution in [-0.4, -0.2) is 44.3 Å². The standard InChI is InChI=1S/C35H46N4O4S/c1-23(31-19-26(22-44-31)27-16-14-13-15-25(27)21-36-3)37-35-29-20-30(41-4)34(43-6)28(33(29)38-24(2)39-35)17-11-9-7-8-10-12-18-32(40)42-5/h13-16,19-20,22-23,36H,7-12,17-18,21H2,1-6H3,(H,37,38,39)/t23-/m0/s1. The maximum Gasteiger partial charge on any atom is 0.305 e. The SMILES string of the molecule is CNCc1ccccc1-c1csc([C@H](C)Nc2nc(C)nc3c(CCCCCCCCC(=O)OC)c(OC)c(OC)cc23)c1. The number of thiophene rings is 1. The smallest absolute Gasteiger partial charge is 0.305 e. The minimum atomic E-state index is -0.131. The maximum atomic E-state index is 11.3. The number of methoxy groups -OCH3 is 3. The summed E-state index contributed by atoms with van der Waals surface area (Å²) in [5, 5.41) is 10.1. The molecule has 2 heterocycles. The van der Waals surface area contributed by atoms with Gasteiger partial charge in [-0.1, -0.05) is 49.9 Å². The van der Waals surface area contributed by atoms with Crippen LogP contribution in [0.15, 0.2) is 41.8 Å². The van der Waals surface area contributed by atoms with Crippen LogP contribution >= 0.6 is 11.3 Å². The Hall–Kier alpha value is -3.69. The molecule has 0 fully saturated rings. The zero-order valence-electron chi connectivity index (χ0n) is 26.9. The van der Waals surface area contributed by atoms with Gasteiger partial charge in [0.2, 0.25) is 0 Å². The first-order valence-electron chi connectivity index (χ1n) is 15.5. The van der Waals surface area contributed by atoms with Gasteiger partial charge in [0, 0.05) is 28.8 Å². The van der Waals surface area contributed by atoms with Crippen molar-refractivity contribution in [3.8, 4) is 22.6 Å². The van der Waals surface area contributed by atoms with Gasteiger partial charge in [0.15, 0.2) is 11.5 Å². The Morgan fingerprint density at radius 3 is 2.45 bits per heavy atom. The van der Waals surface area contributed by atoms with Gasteiger partial charge >= 0.3 is 5.97 Å². The second-order valence-electron chi connectivity index (χ2n) is 11.1. The van der Waals surface area contributed by atoms with E-state index in [1.807, 2.05) is 20.0 Å². The predicted octanol–water partition coefficient (Wildman–Crippen LogP) is 8.02. The number of carbonyl (C=O) groups is 1. The highest BCUT2D eigenvalue weighted by atomic mass is 32.1. The fourth-order valence-corrected chi connectivity index (χ4v) is 6.56. The number of hydrogen-bond donors (Lipinski definition) is 2. The molecule has 4 aromatic rings. The number of carbonyl (C=O) groups excluding carboxylic acids is 1. The highest BCUT2D eigenvalue weighted by Gasteiger charge is 2.21. The third kappa shape index (κ3) is 8.27. The molecule has 4 rings (SSSR count). The average molecular weight is 619 g/mol. The number of ether oxygens (including phenoxy) is 3. The monoisotopic (exact) mass is 618 g/mol. The van der Waals surface area contributed by atoms with Gasteiger partial charge in [-0.05, 0) is 74.4 Å². The van der Waals surface area contributed by atoms with Gasteiger partial charge in [-0.25, -0.2) is 9.97 Å². The Morgan fingerprint density at radius 1 is 0.977 bits per heavy atom. The third-order valence-electron chi connectivity index (χ3n) is 7.92. The fraction of sp³-hybridized carbons (Fsp3) is 0.457. The van der Waals surface area contributed by atoms with E-state index in [2.05, 4.69) is 53.3 Å². The minimum absolute atomic E-state index is 0.0402. The number of fused-ring (bicyclic) bond motifs is 1. The maximum absolute atomic E-state index is 11.3. The van der Waals surface area contributed by atoms with Crippen LogP contribution in [0.4, 0.5) is 5.82 Å². The Balaban J connectivity index is 1.53. The van der Waals surface area contributed by atoms with Gasteiger partial charge < -0.3 is 24.8 Å². The Morgan fingerprint density at radius 2 is 1.73 bits per heavy atom. The van der Waals surface area contributed by atoms with Crippen molar-refractivity contribution in [2.75, 3.05) is 33.7 Å². The summed E-state index contributed by atoms with van der Waals surface area (Å²) in [6, 6.07) is 12.8. The molecule has 8 nitrogen and oxygen atoms in total. The third-order valence-corrected chi connectivity index (χ3v) is 9.04. The lowest BCUT2D eigenvalue weighted by Gasteiger charge is -2.19. The van der Waals surface area contributed by atoms with Crippen LogP contribution in [0.25, 0.3) is 22.0 Å². The summed E-state index contributed by atoms with van der Waals surface area (Å²) in [7, 11) is 6.78. The highest BCUT2D eigenvalue weighted by molar-refractivity contribution is 7.10. The lowest BCUT2D eigenvalue weighted by Crippen LogP contribution is -2.10. The van der Waals surface area contributed by atoms with Crippen LogP contribution in [0, 0.1) is 6.92 Å². The van der Waals surface area contributed by atoms with Crippen molar-refractivity contribution in [3.63, 3.8) is 0 Å². The number of benzene rings is 2. The van der Waals surface area contributed by atoms with Crippen molar-refractivity contribution in [1.29, 1.82) is 0 Å².